The number of hydrogen-bond acceptors (Lipinski definition) is 1. The van der Waals surface area contributed by atoms with Crippen LogP contribution in [0.3, 0.4) is 0 Å². The quantitative estimate of drug-likeness (QED) is 0.690. The van der Waals surface area contributed by atoms with Crippen LogP contribution in [-0.4, -0.2) is 18.0 Å². The Morgan fingerprint density at radius 3 is 2.25 bits per heavy atom. The zero-order valence-electron chi connectivity index (χ0n) is 12.2. The molecule has 0 aliphatic heterocycles. The highest BCUT2D eigenvalue weighted by molar-refractivity contribution is 6.21. The first-order chi connectivity index (χ1) is 9.69. The van der Waals surface area contributed by atoms with Gasteiger partial charge in [0.25, 0.3) is 0 Å². The summed E-state index contributed by atoms with van der Waals surface area (Å²) in [5, 5.41) is 0.0410. The van der Waals surface area contributed by atoms with Gasteiger partial charge < -0.3 is 0 Å². The van der Waals surface area contributed by atoms with E-state index in [4.69, 9.17) is 11.6 Å². The molecule has 106 valence electrons. The van der Waals surface area contributed by atoms with Gasteiger partial charge in [0.2, 0.25) is 0 Å². The molecule has 2 rings (SSSR count). The Bertz CT molecular complexity index is 507. The van der Waals surface area contributed by atoms with Crippen LogP contribution < -0.4 is 0 Å². The summed E-state index contributed by atoms with van der Waals surface area (Å²) < 4.78 is 0. The number of likely N-dealkylation sites (N-methyl/N-ethyl adjacent to an activating group) is 1. The molecular weight excluding hydrogens is 266 g/mol. The van der Waals surface area contributed by atoms with E-state index in [1.54, 1.807) is 0 Å². The van der Waals surface area contributed by atoms with Crippen LogP contribution >= 0.6 is 11.6 Å². The number of halogens is 1. The number of rotatable bonds is 6. The fourth-order valence-corrected chi connectivity index (χ4v) is 2.60. The van der Waals surface area contributed by atoms with E-state index < -0.39 is 0 Å². The van der Waals surface area contributed by atoms with Crippen LogP contribution in [0, 0.1) is 6.92 Å². The van der Waals surface area contributed by atoms with Crippen LogP contribution in [0.4, 0.5) is 0 Å². The average Bonchev–Trinajstić information content (AvgIpc) is 2.48. The SMILES string of the molecule is CCN(Cc1ccccc1)CC(Cl)c1ccc(C)cc1. The molecule has 0 N–H and O–H groups in total. The normalized spacial score (nSPS) is 12.6. The van der Waals surface area contributed by atoms with Crippen LogP contribution in [0.25, 0.3) is 0 Å². The number of aryl methyl sites for hydroxylation is 1. The molecule has 1 atom stereocenters. The van der Waals surface area contributed by atoms with Gasteiger partial charge in [-0.05, 0) is 24.6 Å². The first-order valence-electron chi connectivity index (χ1n) is 7.16. The molecule has 0 aromatic heterocycles. The van der Waals surface area contributed by atoms with Crippen molar-refractivity contribution in [1.29, 1.82) is 0 Å². The van der Waals surface area contributed by atoms with Gasteiger partial charge in [0.15, 0.2) is 0 Å². The molecule has 0 fully saturated rings. The lowest BCUT2D eigenvalue weighted by atomic mass is 10.1. The standard InChI is InChI=1S/C18H22ClN/c1-3-20(13-16-7-5-4-6-8-16)14-18(19)17-11-9-15(2)10-12-17/h4-12,18H,3,13-14H2,1-2H3. The fourth-order valence-electron chi connectivity index (χ4n) is 2.25. The zero-order valence-corrected chi connectivity index (χ0v) is 13.0. The van der Waals surface area contributed by atoms with Crippen molar-refractivity contribution in [3.8, 4) is 0 Å². The van der Waals surface area contributed by atoms with Gasteiger partial charge in [0, 0.05) is 13.1 Å². The number of hydrogen-bond donors (Lipinski definition) is 0. The third kappa shape index (κ3) is 4.36. The van der Waals surface area contributed by atoms with Crippen molar-refractivity contribution in [2.45, 2.75) is 25.8 Å². The van der Waals surface area contributed by atoms with Crippen LogP contribution in [0.1, 0.15) is 29.0 Å². The van der Waals surface area contributed by atoms with Gasteiger partial charge in [-0.1, -0.05) is 67.1 Å². The van der Waals surface area contributed by atoms with E-state index in [1.807, 2.05) is 0 Å². The van der Waals surface area contributed by atoms with E-state index >= 15 is 0 Å². The summed E-state index contributed by atoms with van der Waals surface area (Å²) in [6.45, 7) is 7.11. The van der Waals surface area contributed by atoms with E-state index in [2.05, 4.69) is 73.3 Å². The number of alkyl halides is 1. The highest BCUT2D eigenvalue weighted by Crippen LogP contribution is 2.22. The largest absolute Gasteiger partial charge is 0.298 e. The molecule has 20 heavy (non-hydrogen) atoms. The molecule has 0 heterocycles. The molecular formula is C18H22ClN. The first kappa shape index (κ1) is 15.1. The molecule has 0 saturated carbocycles. The Morgan fingerprint density at radius 2 is 1.65 bits per heavy atom. The summed E-state index contributed by atoms with van der Waals surface area (Å²) in [7, 11) is 0. The third-order valence-corrected chi connectivity index (χ3v) is 3.94. The van der Waals surface area contributed by atoms with Crippen LogP contribution in [0.2, 0.25) is 0 Å². The highest BCUT2D eigenvalue weighted by atomic mass is 35.5. The minimum atomic E-state index is 0.0410. The van der Waals surface area contributed by atoms with Gasteiger partial charge in [-0.25, -0.2) is 0 Å². The van der Waals surface area contributed by atoms with Gasteiger partial charge in [-0.2, -0.15) is 0 Å². The predicted octanol–water partition coefficient (Wildman–Crippen LogP) is 4.80. The summed E-state index contributed by atoms with van der Waals surface area (Å²) in [5.41, 5.74) is 3.81. The first-order valence-corrected chi connectivity index (χ1v) is 7.59. The lowest BCUT2D eigenvalue weighted by Gasteiger charge is -2.23. The van der Waals surface area contributed by atoms with Crippen molar-refractivity contribution < 1.29 is 0 Å². The van der Waals surface area contributed by atoms with E-state index in [9.17, 15) is 0 Å². The second-order valence-corrected chi connectivity index (χ2v) is 5.72. The van der Waals surface area contributed by atoms with Crippen molar-refractivity contribution in [3.63, 3.8) is 0 Å². The lowest BCUT2D eigenvalue weighted by Crippen LogP contribution is -2.26. The molecule has 2 aromatic carbocycles. The van der Waals surface area contributed by atoms with Crippen molar-refractivity contribution >= 4 is 11.6 Å². The highest BCUT2D eigenvalue weighted by Gasteiger charge is 2.12. The number of benzene rings is 2. The van der Waals surface area contributed by atoms with Gasteiger partial charge in [-0.15, -0.1) is 11.6 Å². The predicted molar refractivity (Wildman–Crippen MR) is 87.2 cm³/mol. The van der Waals surface area contributed by atoms with E-state index in [-0.39, 0.29) is 5.38 Å². The van der Waals surface area contributed by atoms with Crippen molar-refractivity contribution in [2.75, 3.05) is 13.1 Å². The summed E-state index contributed by atoms with van der Waals surface area (Å²) in [4.78, 5) is 2.38. The second-order valence-electron chi connectivity index (χ2n) is 5.19. The minimum absolute atomic E-state index is 0.0410. The van der Waals surface area contributed by atoms with Crippen molar-refractivity contribution in [3.05, 3.63) is 71.3 Å². The Balaban J connectivity index is 1.97. The lowest BCUT2D eigenvalue weighted by molar-refractivity contribution is 0.280. The Kier molecular flexibility index (Phi) is 5.63. The van der Waals surface area contributed by atoms with Gasteiger partial charge in [-0.3, -0.25) is 4.90 Å². The van der Waals surface area contributed by atoms with Crippen molar-refractivity contribution in [2.24, 2.45) is 0 Å². The molecule has 0 spiro atoms. The van der Waals surface area contributed by atoms with Gasteiger partial charge in [0.05, 0.1) is 5.38 Å². The topological polar surface area (TPSA) is 3.24 Å². The van der Waals surface area contributed by atoms with Crippen molar-refractivity contribution in [1.82, 2.24) is 4.90 Å². The van der Waals surface area contributed by atoms with Crippen LogP contribution in [0.15, 0.2) is 54.6 Å². The molecule has 0 amide bonds. The maximum atomic E-state index is 6.56. The minimum Gasteiger partial charge on any atom is -0.298 e. The Morgan fingerprint density at radius 1 is 1.00 bits per heavy atom. The van der Waals surface area contributed by atoms with Crippen LogP contribution in [-0.2, 0) is 6.54 Å². The summed E-state index contributed by atoms with van der Waals surface area (Å²) in [5.74, 6) is 0. The molecule has 1 unspecified atom stereocenters. The molecule has 0 aliphatic carbocycles. The van der Waals surface area contributed by atoms with E-state index in [0.29, 0.717) is 0 Å². The van der Waals surface area contributed by atoms with E-state index in [1.165, 1.54) is 16.7 Å². The molecule has 1 nitrogen and oxygen atoms in total. The Hall–Kier alpha value is -1.31. The smallest absolute Gasteiger partial charge is 0.0712 e. The molecule has 2 aromatic rings. The monoisotopic (exact) mass is 287 g/mol. The number of nitrogens with zero attached hydrogens (tertiary/aromatic N) is 1. The molecule has 0 aliphatic rings. The zero-order chi connectivity index (χ0) is 14.4. The maximum absolute atomic E-state index is 6.56. The summed E-state index contributed by atoms with van der Waals surface area (Å²) in [6, 6.07) is 19.1. The second kappa shape index (κ2) is 7.47. The van der Waals surface area contributed by atoms with Crippen LogP contribution in [0.5, 0.6) is 0 Å². The van der Waals surface area contributed by atoms with E-state index in [0.717, 1.165) is 19.6 Å². The molecule has 0 bridgehead atoms. The third-order valence-electron chi connectivity index (χ3n) is 3.55. The van der Waals surface area contributed by atoms with Gasteiger partial charge in [0.1, 0.15) is 0 Å². The molecule has 0 radical (unpaired) electrons. The fraction of sp³-hybridized carbons (Fsp3) is 0.333. The molecule has 0 saturated heterocycles. The average molecular weight is 288 g/mol. The maximum Gasteiger partial charge on any atom is 0.0712 e. The Labute approximate surface area is 127 Å². The molecule has 2 heteroatoms. The summed E-state index contributed by atoms with van der Waals surface area (Å²) >= 11 is 6.56. The summed E-state index contributed by atoms with van der Waals surface area (Å²) in [6.07, 6.45) is 0. The van der Waals surface area contributed by atoms with Gasteiger partial charge >= 0.3 is 0 Å².